The van der Waals surface area contributed by atoms with Crippen LogP contribution in [0, 0.1) is 35.0 Å². The molecule has 0 radical (unpaired) electrons. The van der Waals surface area contributed by atoms with Crippen LogP contribution in [0.3, 0.4) is 0 Å². The fourth-order valence-corrected chi connectivity index (χ4v) is 7.74. The van der Waals surface area contributed by atoms with E-state index >= 15 is 0 Å². The monoisotopic (exact) mass is 538 g/mol. The third-order valence-electron chi connectivity index (χ3n) is 9.60. The van der Waals surface area contributed by atoms with Gasteiger partial charge in [-0.3, -0.25) is 9.59 Å². The van der Waals surface area contributed by atoms with Gasteiger partial charge in [0.05, 0.1) is 12.2 Å². The first-order valence-electron chi connectivity index (χ1n) is 14.0. The number of ether oxygens (including phenoxy) is 2. The van der Waals surface area contributed by atoms with Gasteiger partial charge >= 0.3 is 11.9 Å². The quantitative estimate of drug-likeness (QED) is 0.204. The van der Waals surface area contributed by atoms with Crippen LogP contribution in [-0.4, -0.2) is 51.8 Å². The summed E-state index contributed by atoms with van der Waals surface area (Å²) in [6, 6.07) is 0. The molecule has 212 valence electrons. The number of ketones is 1. The first-order valence-corrected chi connectivity index (χ1v) is 14.0. The van der Waals surface area contributed by atoms with E-state index in [9.17, 15) is 24.6 Å². The second kappa shape index (κ2) is 10.7. The Morgan fingerprint density at radius 3 is 2.46 bits per heavy atom. The Labute approximate surface area is 231 Å². The molecule has 8 atom stereocenters. The molecule has 0 amide bonds. The van der Waals surface area contributed by atoms with Crippen molar-refractivity contribution in [1.82, 2.24) is 0 Å². The van der Waals surface area contributed by atoms with E-state index in [0.29, 0.717) is 17.6 Å². The van der Waals surface area contributed by atoms with Gasteiger partial charge in [0.2, 0.25) is 0 Å². The first-order chi connectivity index (χ1) is 18.4. The van der Waals surface area contributed by atoms with Crippen LogP contribution in [0.25, 0.3) is 0 Å². The zero-order chi connectivity index (χ0) is 28.8. The second-order valence-electron chi connectivity index (χ2n) is 12.1. The van der Waals surface area contributed by atoms with Gasteiger partial charge in [-0.15, -0.1) is 0 Å². The minimum Gasteiger partial charge on any atom is -0.458 e. The van der Waals surface area contributed by atoms with Crippen molar-refractivity contribution in [2.24, 2.45) is 35.0 Å². The third kappa shape index (κ3) is 4.57. The summed E-state index contributed by atoms with van der Waals surface area (Å²) in [5.41, 5.74) is -2.01. The van der Waals surface area contributed by atoms with E-state index in [1.54, 1.807) is 19.1 Å². The Balaban J connectivity index is 1.74. The summed E-state index contributed by atoms with van der Waals surface area (Å²) in [7, 11) is 0. The summed E-state index contributed by atoms with van der Waals surface area (Å²) >= 11 is 0. The fourth-order valence-electron chi connectivity index (χ4n) is 7.74. The van der Waals surface area contributed by atoms with Crippen molar-refractivity contribution in [2.75, 3.05) is 6.61 Å². The number of esters is 2. The van der Waals surface area contributed by atoms with Gasteiger partial charge in [-0.25, -0.2) is 4.79 Å². The summed E-state index contributed by atoms with van der Waals surface area (Å²) in [6.07, 6.45) is 15.7. The molecule has 0 heterocycles. The Bertz CT molecular complexity index is 1170. The fraction of sp³-hybridized carbons (Fsp3) is 0.594. The third-order valence-corrected chi connectivity index (χ3v) is 9.60. The molecule has 2 fully saturated rings. The number of aliphatic hydroxyl groups is 2. The van der Waals surface area contributed by atoms with Gasteiger partial charge < -0.3 is 19.7 Å². The van der Waals surface area contributed by atoms with Gasteiger partial charge in [0.15, 0.2) is 11.4 Å². The highest BCUT2D eigenvalue weighted by atomic mass is 16.6. The molecule has 7 nitrogen and oxygen atoms in total. The van der Waals surface area contributed by atoms with Crippen molar-refractivity contribution in [2.45, 2.75) is 78.1 Å². The molecule has 0 aromatic heterocycles. The Morgan fingerprint density at radius 1 is 1.13 bits per heavy atom. The highest BCUT2D eigenvalue weighted by Gasteiger charge is 2.87. The molecule has 0 unspecified atom stereocenters. The first kappa shape index (κ1) is 29.2. The topological polar surface area (TPSA) is 110 Å². The minimum absolute atomic E-state index is 0.0364. The van der Waals surface area contributed by atoms with Gasteiger partial charge in [-0.05, 0) is 30.9 Å². The Kier molecular flexibility index (Phi) is 7.99. The maximum Gasteiger partial charge on any atom is 0.331 e. The molecule has 0 aromatic carbocycles. The molecule has 0 aromatic rings. The zero-order valence-electron chi connectivity index (χ0n) is 23.8. The lowest BCUT2D eigenvalue weighted by Crippen LogP contribution is -2.63. The van der Waals surface area contributed by atoms with E-state index in [-0.39, 0.29) is 12.4 Å². The second-order valence-corrected chi connectivity index (χ2v) is 12.1. The normalized spacial score (nSPS) is 38.6. The number of hydrogen-bond donors (Lipinski definition) is 2. The van der Waals surface area contributed by atoms with E-state index in [2.05, 4.69) is 6.92 Å². The molecule has 0 spiro atoms. The largest absolute Gasteiger partial charge is 0.458 e. The van der Waals surface area contributed by atoms with Crippen LogP contribution in [0.5, 0.6) is 0 Å². The number of fused-ring (bicyclic) bond motifs is 5. The standard InChI is InChI=1S/C32H42O7/c1-7-8-9-10-11-12-13-14-26(35)39-32-28(30(32,5)6)25-17-22(18-33)16-23-24(15-19(2)27(23)36)31(25,37)20(3)29(32)38-21(4)34/h9-15,17,20,23-25,28-29,33,37H,7-8,16,18H2,1-6H3/b10-9+,12-11+,14-13-/t20-,23+,24-,25+,28-,29-,31+,32-/m1/s1. The minimum atomic E-state index is -1.45. The van der Waals surface area contributed by atoms with E-state index in [0.717, 1.165) is 12.8 Å². The van der Waals surface area contributed by atoms with Gasteiger partial charge in [0.1, 0.15) is 6.10 Å². The molecule has 39 heavy (non-hydrogen) atoms. The number of carbonyl (C=O) groups is 3. The summed E-state index contributed by atoms with van der Waals surface area (Å²) < 4.78 is 12.1. The van der Waals surface area contributed by atoms with Crippen molar-refractivity contribution < 1.29 is 34.1 Å². The van der Waals surface area contributed by atoms with Crippen LogP contribution in [0.1, 0.15) is 60.8 Å². The summed E-state index contributed by atoms with van der Waals surface area (Å²) in [4.78, 5) is 38.6. The molecule has 7 heteroatoms. The predicted molar refractivity (Wildman–Crippen MR) is 147 cm³/mol. The number of Topliss-reactive ketones (excluding diaryl/α,β-unsaturated/α-hetero) is 1. The van der Waals surface area contributed by atoms with Crippen LogP contribution in [0.2, 0.25) is 0 Å². The van der Waals surface area contributed by atoms with Gasteiger partial charge in [-0.1, -0.05) is 76.6 Å². The van der Waals surface area contributed by atoms with Crippen molar-refractivity contribution in [3.63, 3.8) is 0 Å². The highest BCUT2D eigenvalue weighted by Crippen LogP contribution is 2.76. The molecule has 4 aliphatic rings. The van der Waals surface area contributed by atoms with E-state index in [1.807, 2.05) is 51.2 Å². The van der Waals surface area contributed by atoms with Crippen molar-refractivity contribution >= 4 is 17.7 Å². The van der Waals surface area contributed by atoms with Crippen LogP contribution < -0.4 is 0 Å². The van der Waals surface area contributed by atoms with Crippen molar-refractivity contribution in [1.29, 1.82) is 0 Å². The lowest BCUT2D eigenvalue weighted by atomic mass is 9.60. The maximum absolute atomic E-state index is 13.1. The molecular formula is C32H42O7. The van der Waals surface area contributed by atoms with Crippen LogP contribution in [0.4, 0.5) is 0 Å². The van der Waals surface area contributed by atoms with E-state index < -0.39 is 64.2 Å². The van der Waals surface area contributed by atoms with Crippen LogP contribution in [0.15, 0.2) is 59.8 Å². The zero-order valence-corrected chi connectivity index (χ0v) is 23.8. The summed E-state index contributed by atoms with van der Waals surface area (Å²) in [6.45, 7) is 10.7. The number of hydrogen-bond acceptors (Lipinski definition) is 7. The lowest BCUT2D eigenvalue weighted by molar-refractivity contribution is -0.217. The van der Waals surface area contributed by atoms with Gasteiger partial charge in [0.25, 0.3) is 0 Å². The smallest absolute Gasteiger partial charge is 0.331 e. The number of allylic oxidation sites excluding steroid dienone is 6. The average molecular weight is 539 g/mol. The highest BCUT2D eigenvalue weighted by molar-refractivity contribution is 6.00. The number of aliphatic hydroxyl groups excluding tert-OH is 1. The molecule has 4 rings (SSSR count). The van der Waals surface area contributed by atoms with E-state index in [1.165, 1.54) is 13.0 Å². The number of unbranched alkanes of at least 4 members (excludes halogenated alkanes) is 1. The molecule has 2 saturated carbocycles. The lowest BCUT2D eigenvalue weighted by Gasteiger charge is -2.52. The predicted octanol–water partition coefficient (Wildman–Crippen LogP) is 4.41. The summed E-state index contributed by atoms with van der Waals surface area (Å²) in [5.74, 6) is -3.74. The van der Waals surface area contributed by atoms with E-state index in [4.69, 9.17) is 9.47 Å². The molecule has 4 aliphatic carbocycles. The number of carbonyl (C=O) groups excluding carboxylic acids is 3. The van der Waals surface area contributed by atoms with Crippen LogP contribution >= 0.6 is 0 Å². The summed E-state index contributed by atoms with van der Waals surface area (Å²) in [5, 5.41) is 22.8. The number of rotatable bonds is 8. The SMILES string of the molecule is CCC/C=C/C=C/C=C\C(=O)O[C@@]12[C@H](OC(C)=O)[C@@H](C)[C@]3(O)[C@@H]4C=C(C)C(=O)[C@H]4CC(CO)=C[C@H]3[C@@H]1C2(C)C. The van der Waals surface area contributed by atoms with Gasteiger partial charge in [0, 0.05) is 48.0 Å². The molecule has 0 bridgehead atoms. The molecule has 2 N–H and O–H groups in total. The molecular weight excluding hydrogens is 496 g/mol. The van der Waals surface area contributed by atoms with Crippen molar-refractivity contribution in [3.8, 4) is 0 Å². The molecule has 0 saturated heterocycles. The maximum atomic E-state index is 13.1. The Morgan fingerprint density at radius 2 is 1.82 bits per heavy atom. The Hall–Kier alpha value is -2.77. The van der Waals surface area contributed by atoms with Gasteiger partial charge in [-0.2, -0.15) is 0 Å². The molecule has 0 aliphatic heterocycles. The average Bonchev–Trinajstić information content (AvgIpc) is 3.27. The van der Waals surface area contributed by atoms with Crippen LogP contribution in [-0.2, 0) is 23.9 Å². The van der Waals surface area contributed by atoms with Crippen molar-refractivity contribution in [3.05, 3.63) is 59.8 Å².